The summed E-state index contributed by atoms with van der Waals surface area (Å²) in [5.74, 6) is 0. The molecule has 0 bridgehead atoms. The lowest BCUT2D eigenvalue weighted by molar-refractivity contribution is -0.176. The van der Waals surface area contributed by atoms with Gasteiger partial charge in [-0.15, -0.1) is 11.8 Å². The van der Waals surface area contributed by atoms with E-state index in [0.717, 1.165) is 5.25 Å². The van der Waals surface area contributed by atoms with Gasteiger partial charge in [0.1, 0.15) is 0 Å². The maximum atomic E-state index is 6.00. The smallest absolute Gasteiger partial charge is 0.0652 e. The van der Waals surface area contributed by atoms with E-state index in [4.69, 9.17) is 10.5 Å². The maximum absolute atomic E-state index is 6.00. The summed E-state index contributed by atoms with van der Waals surface area (Å²) in [6.45, 7) is 6.62. The summed E-state index contributed by atoms with van der Waals surface area (Å²) >= 11 is 1.96. The monoisotopic (exact) mass is 205 g/mol. The lowest BCUT2D eigenvalue weighted by Gasteiger charge is -2.13. The van der Waals surface area contributed by atoms with Gasteiger partial charge in [0, 0.05) is 5.25 Å². The van der Waals surface area contributed by atoms with Crippen LogP contribution in [-0.2, 0) is 0 Å². The molecule has 0 aromatic carbocycles. The first-order valence-electron chi connectivity index (χ1n) is 4.69. The van der Waals surface area contributed by atoms with Gasteiger partial charge in [-0.1, -0.05) is 20.3 Å². The first-order valence-corrected chi connectivity index (χ1v) is 5.57. The quantitative estimate of drug-likeness (QED) is 0.550. The van der Waals surface area contributed by atoms with Gasteiger partial charge in [0.05, 0.1) is 11.1 Å². The summed E-state index contributed by atoms with van der Waals surface area (Å²) in [5.41, 5.74) is 0. The van der Waals surface area contributed by atoms with Crippen LogP contribution in [0.15, 0.2) is 4.99 Å². The molecule has 1 rings (SSSR count). The fourth-order valence-corrected chi connectivity index (χ4v) is 2.70. The third-order valence-electron chi connectivity index (χ3n) is 2.09. The zero-order valence-corrected chi connectivity index (χ0v) is 9.34. The van der Waals surface area contributed by atoms with Crippen molar-refractivity contribution < 1.29 is 10.5 Å². The minimum Gasteiger partial charge on any atom is -0.279 e. The number of thioether (sulfide) groups is 1. The van der Waals surface area contributed by atoms with Crippen molar-refractivity contribution in [3.63, 3.8) is 0 Å². The molecule has 1 heterocycles. The Labute approximate surface area is 84.2 Å². The minimum atomic E-state index is 0.620. The molecule has 3 nitrogen and oxygen atoms in total. The summed E-state index contributed by atoms with van der Waals surface area (Å²) in [7, 11) is 0. The molecule has 2 unspecified atom stereocenters. The first-order chi connectivity index (χ1) is 6.27. The maximum Gasteiger partial charge on any atom is 0.0652 e. The first kappa shape index (κ1) is 12.9. The highest BCUT2D eigenvalue weighted by molar-refractivity contribution is 8.14. The van der Waals surface area contributed by atoms with Crippen LogP contribution in [0.5, 0.6) is 0 Å². The lowest BCUT2D eigenvalue weighted by Crippen LogP contribution is -2.15. The predicted octanol–water partition coefficient (Wildman–Crippen LogP) is 3.12. The van der Waals surface area contributed by atoms with Crippen molar-refractivity contribution in [3.8, 4) is 0 Å². The zero-order chi connectivity index (χ0) is 10.3. The summed E-state index contributed by atoms with van der Waals surface area (Å²) in [4.78, 5) is 4.61. The molecule has 0 saturated carbocycles. The van der Waals surface area contributed by atoms with E-state index in [0.29, 0.717) is 6.04 Å². The van der Waals surface area contributed by atoms with Gasteiger partial charge in [-0.2, -0.15) is 0 Å². The molecule has 0 radical (unpaired) electrons. The van der Waals surface area contributed by atoms with Gasteiger partial charge < -0.3 is 0 Å². The van der Waals surface area contributed by atoms with E-state index >= 15 is 0 Å². The Hall–Kier alpha value is -0.0600. The van der Waals surface area contributed by atoms with Crippen molar-refractivity contribution in [2.75, 3.05) is 0 Å². The molecule has 4 heteroatoms. The topological polar surface area (TPSA) is 52.8 Å². The Morgan fingerprint density at radius 2 is 2.00 bits per heavy atom. The van der Waals surface area contributed by atoms with Gasteiger partial charge in [-0.3, -0.25) is 15.5 Å². The van der Waals surface area contributed by atoms with Crippen LogP contribution in [0.2, 0.25) is 0 Å². The molecule has 0 fully saturated rings. The Morgan fingerprint density at radius 3 is 2.46 bits per heavy atom. The number of hydrogen-bond donors (Lipinski definition) is 2. The van der Waals surface area contributed by atoms with E-state index in [2.05, 4.69) is 25.8 Å². The largest absolute Gasteiger partial charge is 0.279 e. The molecule has 78 valence electrons. The number of hydrogen-bond acceptors (Lipinski definition) is 4. The van der Waals surface area contributed by atoms with Crippen molar-refractivity contribution in [1.82, 2.24) is 0 Å². The van der Waals surface area contributed by atoms with Crippen LogP contribution in [0.1, 0.15) is 40.0 Å². The van der Waals surface area contributed by atoms with E-state index in [9.17, 15) is 0 Å². The van der Waals surface area contributed by atoms with E-state index in [-0.39, 0.29) is 0 Å². The Kier molecular flexibility index (Phi) is 7.32. The van der Waals surface area contributed by atoms with Crippen LogP contribution in [0.4, 0.5) is 0 Å². The Balaban J connectivity index is 0.000000671. The average molecular weight is 205 g/mol. The van der Waals surface area contributed by atoms with Gasteiger partial charge in [-0.05, 0) is 19.8 Å². The van der Waals surface area contributed by atoms with Gasteiger partial charge in [0.25, 0.3) is 0 Å². The lowest BCUT2D eigenvalue weighted by atomic mass is 10.1. The van der Waals surface area contributed by atoms with Crippen molar-refractivity contribution in [3.05, 3.63) is 0 Å². The zero-order valence-electron chi connectivity index (χ0n) is 8.53. The molecule has 1 aliphatic rings. The van der Waals surface area contributed by atoms with E-state index in [1.165, 1.54) is 24.3 Å². The third kappa shape index (κ3) is 4.11. The Morgan fingerprint density at radius 1 is 1.38 bits per heavy atom. The van der Waals surface area contributed by atoms with Crippen LogP contribution in [-0.4, -0.2) is 26.8 Å². The summed E-state index contributed by atoms with van der Waals surface area (Å²) < 4.78 is 0. The Bertz CT molecular complexity index is 162. The highest BCUT2D eigenvalue weighted by Gasteiger charge is 2.25. The second-order valence-corrected chi connectivity index (χ2v) is 4.50. The number of nitrogens with zero attached hydrogens (tertiary/aromatic N) is 1. The third-order valence-corrected chi connectivity index (χ3v) is 3.48. The van der Waals surface area contributed by atoms with Gasteiger partial charge in [0.2, 0.25) is 0 Å². The molecular formula is C9H19NO2S. The van der Waals surface area contributed by atoms with Crippen LogP contribution in [0, 0.1) is 0 Å². The van der Waals surface area contributed by atoms with Crippen LogP contribution in [0.25, 0.3) is 0 Å². The molecule has 13 heavy (non-hydrogen) atoms. The van der Waals surface area contributed by atoms with Crippen LogP contribution >= 0.6 is 11.8 Å². The molecule has 0 spiro atoms. The van der Waals surface area contributed by atoms with Gasteiger partial charge >= 0.3 is 0 Å². The fraction of sp³-hybridized carbons (Fsp3) is 0.889. The van der Waals surface area contributed by atoms with Gasteiger partial charge in [-0.25, -0.2) is 0 Å². The van der Waals surface area contributed by atoms with Crippen molar-refractivity contribution in [2.24, 2.45) is 4.99 Å². The summed E-state index contributed by atoms with van der Waals surface area (Å²) in [6.07, 6.45) is 3.79. The summed E-state index contributed by atoms with van der Waals surface area (Å²) in [6, 6.07) is 0.620. The normalized spacial score (nSPS) is 26.4. The molecule has 0 aromatic heterocycles. The highest BCUT2D eigenvalue weighted by atomic mass is 32.2. The molecule has 0 aromatic rings. The molecule has 1 aliphatic heterocycles. The van der Waals surface area contributed by atoms with Crippen LogP contribution in [0.3, 0.4) is 0 Å². The molecule has 0 aliphatic carbocycles. The van der Waals surface area contributed by atoms with E-state index in [1.54, 1.807) is 0 Å². The average Bonchev–Trinajstić information content (AvgIpc) is 2.50. The molecule has 2 atom stereocenters. The second kappa shape index (κ2) is 7.35. The van der Waals surface area contributed by atoms with Crippen LogP contribution < -0.4 is 0 Å². The molecule has 0 saturated heterocycles. The highest BCUT2D eigenvalue weighted by Crippen LogP contribution is 2.31. The standard InChI is InChI=1S/C9H17NS.H2O2/c1-4-6-8-9(5-2)11-7(3)10-8;1-2/h8-9H,4-6H2,1-3H3;1-2H. The summed E-state index contributed by atoms with van der Waals surface area (Å²) in [5, 5.41) is 14.1. The fourth-order valence-electron chi connectivity index (χ4n) is 1.55. The van der Waals surface area contributed by atoms with Crippen molar-refractivity contribution in [2.45, 2.75) is 51.3 Å². The SMILES string of the molecule is CCCC1N=C(C)SC1CC.OO. The van der Waals surface area contributed by atoms with Gasteiger partial charge in [0.15, 0.2) is 0 Å². The molecule has 2 N–H and O–H groups in total. The molecular weight excluding hydrogens is 186 g/mol. The van der Waals surface area contributed by atoms with Crippen molar-refractivity contribution in [1.29, 1.82) is 0 Å². The van der Waals surface area contributed by atoms with Crippen molar-refractivity contribution >= 4 is 16.8 Å². The molecule has 0 amide bonds. The predicted molar refractivity (Wildman–Crippen MR) is 58.7 cm³/mol. The minimum absolute atomic E-state index is 0.620. The second-order valence-electron chi connectivity index (χ2n) is 3.07. The number of aliphatic imine (C=N–C) groups is 1. The van der Waals surface area contributed by atoms with E-state index in [1.807, 2.05) is 11.8 Å². The van der Waals surface area contributed by atoms with E-state index < -0.39 is 0 Å². The number of rotatable bonds is 3.